The maximum atomic E-state index is 5.90. The monoisotopic (exact) mass is 330 g/mol. The second-order valence-corrected chi connectivity index (χ2v) is 7.34. The van der Waals surface area contributed by atoms with Crippen LogP contribution in [0.15, 0.2) is 54.7 Å². The van der Waals surface area contributed by atoms with E-state index in [1.54, 1.807) is 0 Å². The number of piperidine rings is 1. The minimum atomic E-state index is 0.561. The highest BCUT2D eigenvalue weighted by Crippen LogP contribution is 2.42. The first-order valence-corrected chi connectivity index (χ1v) is 9.11. The number of benzene rings is 2. The maximum absolute atomic E-state index is 5.90. The van der Waals surface area contributed by atoms with E-state index in [1.165, 1.54) is 23.6 Å². The van der Waals surface area contributed by atoms with Gasteiger partial charge in [0.25, 0.3) is 0 Å². The fourth-order valence-corrected chi connectivity index (χ4v) is 4.59. The topological polar surface area (TPSA) is 55.0 Å². The van der Waals surface area contributed by atoms with Gasteiger partial charge in [-0.2, -0.15) is 0 Å². The normalized spacial score (nSPS) is 25.0. The number of nitrogens with zero attached hydrogens (tertiary/aromatic N) is 3. The second-order valence-electron chi connectivity index (χ2n) is 7.34. The van der Waals surface area contributed by atoms with Gasteiger partial charge in [0.2, 0.25) is 5.95 Å². The van der Waals surface area contributed by atoms with Crippen LogP contribution in [0.5, 0.6) is 0 Å². The molecular weight excluding hydrogens is 308 g/mol. The van der Waals surface area contributed by atoms with Crippen molar-refractivity contribution in [3.63, 3.8) is 0 Å². The van der Waals surface area contributed by atoms with Crippen LogP contribution in [-0.4, -0.2) is 29.1 Å². The van der Waals surface area contributed by atoms with Crippen LogP contribution in [0.1, 0.15) is 12.8 Å². The Bertz CT molecular complexity index is 922. The summed E-state index contributed by atoms with van der Waals surface area (Å²) in [7, 11) is 0. The summed E-state index contributed by atoms with van der Waals surface area (Å²) in [6.45, 7) is 1.86. The van der Waals surface area contributed by atoms with Crippen LogP contribution in [0.3, 0.4) is 0 Å². The number of anilines is 1. The molecule has 0 unspecified atom stereocenters. The molecular formula is C21H22N4. The third-order valence-electron chi connectivity index (χ3n) is 5.94. The van der Waals surface area contributed by atoms with Crippen LogP contribution >= 0.6 is 0 Å². The maximum Gasteiger partial charge on any atom is 0.226 e. The molecule has 2 heterocycles. The van der Waals surface area contributed by atoms with E-state index < -0.39 is 0 Å². The zero-order valence-corrected chi connectivity index (χ0v) is 14.2. The summed E-state index contributed by atoms with van der Waals surface area (Å²) in [4.78, 5) is 11.8. The van der Waals surface area contributed by atoms with E-state index in [0.29, 0.717) is 17.9 Å². The fraction of sp³-hybridized carbons (Fsp3) is 0.333. The van der Waals surface area contributed by atoms with Gasteiger partial charge in [-0.15, -0.1) is 0 Å². The van der Waals surface area contributed by atoms with Gasteiger partial charge in [0.1, 0.15) is 0 Å². The fourth-order valence-electron chi connectivity index (χ4n) is 4.59. The van der Waals surface area contributed by atoms with E-state index in [1.807, 2.05) is 12.3 Å². The van der Waals surface area contributed by atoms with Crippen LogP contribution in [0.25, 0.3) is 22.0 Å². The number of hydrogen-bond acceptors (Lipinski definition) is 4. The molecule has 1 saturated heterocycles. The molecule has 2 N–H and O–H groups in total. The molecule has 2 aromatic carbocycles. The quantitative estimate of drug-likeness (QED) is 0.799. The highest BCUT2D eigenvalue weighted by molar-refractivity contribution is 5.86. The van der Waals surface area contributed by atoms with Gasteiger partial charge in [-0.25, -0.2) is 9.97 Å². The van der Waals surface area contributed by atoms with Crippen molar-refractivity contribution >= 4 is 16.7 Å². The lowest BCUT2D eigenvalue weighted by Gasteiger charge is -2.31. The molecule has 2 bridgehead atoms. The molecule has 1 aliphatic heterocycles. The van der Waals surface area contributed by atoms with E-state index in [4.69, 9.17) is 10.7 Å². The van der Waals surface area contributed by atoms with Gasteiger partial charge in [0, 0.05) is 24.3 Å². The SMILES string of the molecule is NC[C@@H]1C[C@H]2C[C@H]1CN2c1nccc(-c2ccc3ccccc3c2)n1. The van der Waals surface area contributed by atoms with Gasteiger partial charge in [-0.05, 0) is 54.1 Å². The van der Waals surface area contributed by atoms with Crippen LogP contribution in [-0.2, 0) is 0 Å². The minimum absolute atomic E-state index is 0.561. The van der Waals surface area contributed by atoms with Crippen molar-refractivity contribution in [3.8, 4) is 11.3 Å². The van der Waals surface area contributed by atoms with Crippen molar-refractivity contribution in [1.29, 1.82) is 0 Å². The zero-order chi connectivity index (χ0) is 16.8. The molecule has 3 aromatic rings. The molecule has 0 amide bonds. The molecule has 2 fully saturated rings. The van der Waals surface area contributed by atoms with Gasteiger partial charge in [0.05, 0.1) is 5.69 Å². The van der Waals surface area contributed by atoms with E-state index >= 15 is 0 Å². The molecule has 126 valence electrons. The van der Waals surface area contributed by atoms with Gasteiger partial charge < -0.3 is 10.6 Å². The lowest BCUT2D eigenvalue weighted by atomic mass is 9.95. The van der Waals surface area contributed by atoms with Gasteiger partial charge in [0.15, 0.2) is 0 Å². The summed E-state index contributed by atoms with van der Waals surface area (Å²) >= 11 is 0. The summed E-state index contributed by atoms with van der Waals surface area (Å²) in [5, 5.41) is 2.50. The number of nitrogens with two attached hydrogens (primary N) is 1. The number of rotatable bonds is 3. The summed E-state index contributed by atoms with van der Waals surface area (Å²) in [5.41, 5.74) is 8.04. The Balaban J connectivity index is 1.47. The van der Waals surface area contributed by atoms with Crippen LogP contribution in [0.4, 0.5) is 5.95 Å². The van der Waals surface area contributed by atoms with E-state index in [2.05, 4.69) is 52.3 Å². The number of hydrogen-bond donors (Lipinski definition) is 1. The zero-order valence-electron chi connectivity index (χ0n) is 14.2. The van der Waals surface area contributed by atoms with E-state index in [9.17, 15) is 0 Å². The summed E-state index contributed by atoms with van der Waals surface area (Å²) < 4.78 is 0. The predicted octanol–water partition coefficient (Wildman–Crippen LogP) is 3.47. The lowest BCUT2D eigenvalue weighted by Crippen LogP contribution is -2.38. The summed E-state index contributed by atoms with van der Waals surface area (Å²) in [5.74, 6) is 2.27. The Labute approximate surface area is 147 Å². The average molecular weight is 330 g/mol. The predicted molar refractivity (Wildman–Crippen MR) is 101 cm³/mol. The standard InChI is InChI=1S/C21H22N4/c22-12-17-10-19-11-18(17)13-25(19)21-23-8-7-20(24-21)16-6-5-14-3-1-2-4-15(14)9-16/h1-9,17-19H,10-13,22H2/t17-,18-,19-/m0/s1. The molecule has 3 atom stereocenters. The molecule has 1 aliphatic carbocycles. The summed E-state index contributed by atoms with van der Waals surface area (Å²) in [6, 6.07) is 17.5. The van der Waals surface area contributed by atoms with Crippen molar-refractivity contribution in [2.75, 3.05) is 18.0 Å². The van der Waals surface area contributed by atoms with Gasteiger partial charge >= 0.3 is 0 Å². The Morgan fingerprint density at radius 1 is 1.04 bits per heavy atom. The molecule has 0 spiro atoms. The van der Waals surface area contributed by atoms with E-state index in [0.717, 1.165) is 30.3 Å². The van der Waals surface area contributed by atoms with Crippen LogP contribution < -0.4 is 10.6 Å². The van der Waals surface area contributed by atoms with Crippen molar-refractivity contribution < 1.29 is 0 Å². The molecule has 1 saturated carbocycles. The molecule has 0 radical (unpaired) electrons. The Kier molecular flexibility index (Phi) is 3.45. The molecule has 2 aliphatic rings. The average Bonchev–Trinajstić information content (AvgIpc) is 3.28. The highest BCUT2D eigenvalue weighted by Gasteiger charge is 2.44. The second kappa shape index (κ2) is 5.81. The molecule has 25 heavy (non-hydrogen) atoms. The van der Waals surface area contributed by atoms with Gasteiger partial charge in [-0.3, -0.25) is 0 Å². The Morgan fingerprint density at radius 3 is 2.72 bits per heavy atom. The third-order valence-corrected chi connectivity index (χ3v) is 5.94. The minimum Gasteiger partial charge on any atom is -0.338 e. The Hall–Kier alpha value is -2.46. The van der Waals surface area contributed by atoms with Crippen molar-refractivity contribution in [3.05, 3.63) is 54.7 Å². The Morgan fingerprint density at radius 2 is 1.92 bits per heavy atom. The van der Waals surface area contributed by atoms with Crippen molar-refractivity contribution in [2.45, 2.75) is 18.9 Å². The van der Waals surface area contributed by atoms with Crippen LogP contribution in [0, 0.1) is 11.8 Å². The number of fused-ring (bicyclic) bond motifs is 3. The molecule has 4 heteroatoms. The third kappa shape index (κ3) is 2.48. The largest absolute Gasteiger partial charge is 0.338 e. The smallest absolute Gasteiger partial charge is 0.226 e. The molecule has 1 aromatic heterocycles. The molecule has 5 rings (SSSR count). The lowest BCUT2D eigenvalue weighted by molar-refractivity contribution is 0.381. The molecule has 4 nitrogen and oxygen atoms in total. The first-order chi connectivity index (χ1) is 12.3. The van der Waals surface area contributed by atoms with E-state index in [-0.39, 0.29) is 0 Å². The summed E-state index contributed by atoms with van der Waals surface area (Å²) in [6.07, 6.45) is 4.31. The van der Waals surface area contributed by atoms with Crippen LogP contribution in [0.2, 0.25) is 0 Å². The van der Waals surface area contributed by atoms with Gasteiger partial charge in [-0.1, -0.05) is 36.4 Å². The first kappa shape index (κ1) is 14.8. The van der Waals surface area contributed by atoms with Crippen molar-refractivity contribution in [2.24, 2.45) is 17.6 Å². The highest BCUT2D eigenvalue weighted by atomic mass is 15.3. The number of aromatic nitrogens is 2. The van der Waals surface area contributed by atoms with Crippen molar-refractivity contribution in [1.82, 2.24) is 9.97 Å². The first-order valence-electron chi connectivity index (χ1n) is 9.11.